The van der Waals surface area contributed by atoms with Crippen LogP contribution in [0.15, 0.2) is 12.1 Å². The van der Waals surface area contributed by atoms with Crippen molar-refractivity contribution in [3.05, 3.63) is 28.8 Å². The van der Waals surface area contributed by atoms with Crippen molar-refractivity contribution >= 4 is 0 Å². The summed E-state index contributed by atoms with van der Waals surface area (Å²) in [5.41, 5.74) is 4.33. The van der Waals surface area contributed by atoms with Crippen molar-refractivity contribution in [2.24, 2.45) is 0 Å². The molecule has 0 radical (unpaired) electrons. The molecule has 0 aliphatic rings. The summed E-state index contributed by atoms with van der Waals surface area (Å²) in [7, 11) is 0. The SMILES string of the molecule is CCCCCCCCCc1c(O)ccc(CCCCCCCC)c1CCCCCCCC. The van der Waals surface area contributed by atoms with Crippen LogP contribution in [-0.4, -0.2) is 5.11 Å². The highest BCUT2D eigenvalue weighted by Crippen LogP contribution is 2.30. The van der Waals surface area contributed by atoms with Gasteiger partial charge in [-0.1, -0.05) is 130 Å². The summed E-state index contributed by atoms with van der Waals surface area (Å²) in [6, 6.07) is 4.23. The Labute approximate surface area is 201 Å². The fraction of sp³-hybridized carbons (Fsp3) is 0.806. The predicted molar refractivity (Wildman–Crippen MR) is 144 cm³/mol. The number of aryl methyl sites for hydroxylation is 1. The molecule has 0 aromatic heterocycles. The lowest BCUT2D eigenvalue weighted by atomic mass is 9.89. The van der Waals surface area contributed by atoms with Crippen LogP contribution in [0, 0.1) is 0 Å². The van der Waals surface area contributed by atoms with Gasteiger partial charge in [0.1, 0.15) is 5.75 Å². The standard InChI is InChI=1S/C31H56O/c1-4-7-10-13-16-19-22-25-30-29(24-21-18-15-12-9-6-3)28(26-27-31(30)32)23-20-17-14-11-8-5-2/h26-27,32H,4-25H2,1-3H3. The molecular formula is C31H56O. The minimum atomic E-state index is 0.559. The topological polar surface area (TPSA) is 20.2 Å². The van der Waals surface area contributed by atoms with E-state index in [1.807, 2.05) is 6.07 Å². The molecule has 0 aliphatic carbocycles. The minimum absolute atomic E-state index is 0.559. The molecule has 0 saturated heterocycles. The first-order chi connectivity index (χ1) is 15.7. The Kier molecular flexibility index (Phi) is 18.7. The molecule has 32 heavy (non-hydrogen) atoms. The van der Waals surface area contributed by atoms with E-state index in [1.165, 1.54) is 145 Å². The first-order valence-electron chi connectivity index (χ1n) is 14.6. The number of aromatic hydroxyl groups is 1. The molecule has 1 rings (SSSR count). The Morgan fingerprint density at radius 1 is 0.438 bits per heavy atom. The largest absolute Gasteiger partial charge is 0.508 e. The van der Waals surface area contributed by atoms with E-state index in [9.17, 15) is 5.11 Å². The van der Waals surface area contributed by atoms with E-state index < -0.39 is 0 Å². The van der Waals surface area contributed by atoms with E-state index in [0.717, 1.165) is 12.8 Å². The third-order valence-electron chi connectivity index (χ3n) is 7.11. The van der Waals surface area contributed by atoms with Crippen LogP contribution in [0.1, 0.15) is 159 Å². The number of hydrogen-bond acceptors (Lipinski definition) is 1. The van der Waals surface area contributed by atoms with Crippen LogP contribution in [-0.2, 0) is 19.3 Å². The van der Waals surface area contributed by atoms with Crippen LogP contribution < -0.4 is 0 Å². The van der Waals surface area contributed by atoms with Crippen LogP contribution in [0.5, 0.6) is 5.75 Å². The highest BCUT2D eigenvalue weighted by molar-refractivity contribution is 5.45. The monoisotopic (exact) mass is 444 g/mol. The van der Waals surface area contributed by atoms with Gasteiger partial charge in [-0.05, 0) is 61.3 Å². The summed E-state index contributed by atoms with van der Waals surface area (Å²) in [4.78, 5) is 0. The second-order valence-electron chi connectivity index (χ2n) is 10.1. The molecule has 0 fully saturated rings. The van der Waals surface area contributed by atoms with E-state index >= 15 is 0 Å². The summed E-state index contributed by atoms with van der Waals surface area (Å²) >= 11 is 0. The molecule has 0 amide bonds. The maximum absolute atomic E-state index is 10.7. The Hall–Kier alpha value is -0.980. The van der Waals surface area contributed by atoms with Gasteiger partial charge in [-0.3, -0.25) is 0 Å². The smallest absolute Gasteiger partial charge is 0.119 e. The predicted octanol–water partition coefficient (Wildman–Crippen LogP) is 10.5. The summed E-state index contributed by atoms with van der Waals surface area (Å²) in [5.74, 6) is 0.559. The highest BCUT2D eigenvalue weighted by Gasteiger charge is 2.13. The van der Waals surface area contributed by atoms with Gasteiger partial charge in [-0.25, -0.2) is 0 Å². The molecule has 0 atom stereocenters. The van der Waals surface area contributed by atoms with Crippen molar-refractivity contribution < 1.29 is 5.11 Å². The van der Waals surface area contributed by atoms with Gasteiger partial charge in [0.15, 0.2) is 0 Å². The third-order valence-corrected chi connectivity index (χ3v) is 7.11. The van der Waals surface area contributed by atoms with Gasteiger partial charge in [0.25, 0.3) is 0 Å². The Morgan fingerprint density at radius 2 is 0.812 bits per heavy atom. The van der Waals surface area contributed by atoms with Gasteiger partial charge >= 0.3 is 0 Å². The molecule has 186 valence electrons. The van der Waals surface area contributed by atoms with Crippen molar-refractivity contribution in [2.75, 3.05) is 0 Å². The molecule has 1 nitrogen and oxygen atoms in total. The number of unbranched alkanes of at least 4 members (excludes halogenated alkanes) is 16. The number of phenolic OH excluding ortho intramolecular Hbond substituents is 1. The van der Waals surface area contributed by atoms with E-state index in [1.54, 1.807) is 0 Å². The van der Waals surface area contributed by atoms with Gasteiger partial charge in [0.05, 0.1) is 0 Å². The second kappa shape index (κ2) is 20.6. The van der Waals surface area contributed by atoms with Crippen LogP contribution in [0.4, 0.5) is 0 Å². The van der Waals surface area contributed by atoms with Crippen LogP contribution in [0.3, 0.4) is 0 Å². The maximum atomic E-state index is 10.7. The molecular weight excluding hydrogens is 388 g/mol. The minimum Gasteiger partial charge on any atom is -0.508 e. The van der Waals surface area contributed by atoms with Gasteiger partial charge < -0.3 is 5.11 Å². The molecule has 1 aromatic rings. The van der Waals surface area contributed by atoms with Gasteiger partial charge in [-0.2, -0.15) is 0 Å². The molecule has 0 unspecified atom stereocenters. The molecule has 1 aromatic carbocycles. The summed E-state index contributed by atoms with van der Waals surface area (Å²) in [5, 5.41) is 10.7. The van der Waals surface area contributed by atoms with E-state index in [0.29, 0.717) is 5.75 Å². The van der Waals surface area contributed by atoms with Crippen LogP contribution in [0.25, 0.3) is 0 Å². The fourth-order valence-electron chi connectivity index (χ4n) is 4.99. The zero-order chi connectivity index (χ0) is 23.3. The quantitative estimate of drug-likeness (QED) is 0.176. The van der Waals surface area contributed by atoms with E-state index in [4.69, 9.17) is 0 Å². The van der Waals surface area contributed by atoms with Crippen molar-refractivity contribution in [3.63, 3.8) is 0 Å². The summed E-state index contributed by atoms with van der Waals surface area (Å²) in [6.45, 7) is 6.86. The van der Waals surface area contributed by atoms with Crippen molar-refractivity contribution in [3.8, 4) is 5.75 Å². The van der Waals surface area contributed by atoms with E-state index in [-0.39, 0.29) is 0 Å². The third kappa shape index (κ3) is 13.5. The molecule has 0 saturated carbocycles. The van der Waals surface area contributed by atoms with Gasteiger partial charge in [0.2, 0.25) is 0 Å². The van der Waals surface area contributed by atoms with Crippen LogP contribution in [0.2, 0.25) is 0 Å². The zero-order valence-electron chi connectivity index (χ0n) is 22.2. The summed E-state index contributed by atoms with van der Waals surface area (Å²) < 4.78 is 0. The fourth-order valence-corrected chi connectivity index (χ4v) is 4.99. The average Bonchev–Trinajstić information content (AvgIpc) is 2.80. The maximum Gasteiger partial charge on any atom is 0.119 e. The van der Waals surface area contributed by atoms with Gasteiger partial charge in [0, 0.05) is 0 Å². The lowest BCUT2D eigenvalue weighted by Gasteiger charge is -2.17. The first kappa shape index (κ1) is 29.1. The number of hydrogen-bond donors (Lipinski definition) is 1. The lowest BCUT2D eigenvalue weighted by molar-refractivity contribution is 0.463. The number of rotatable bonds is 22. The van der Waals surface area contributed by atoms with Crippen molar-refractivity contribution in [2.45, 2.75) is 162 Å². The molecule has 0 spiro atoms. The zero-order valence-corrected chi connectivity index (χ0v) is 22.2. The molecule has 1 N–H and O–H groups in total. The first-order valence-corrected chi connectivity index (χ1v) is 14.6. The number of benzene rings is 1. The molecule has 1 heteroatoms. The Morgan fingerprint density at radius 3 is 1.28 bits per heavy atom. The Bertz CT molecular complexity index is 548. The van der Waals surface area contributed by atoms with Gasteiger partial charge in [-0.15, -0.1) is 0 Å². The molecule has 0 bridgehead atoms. The van der Waals surface area contributed by atoms with Crippen molar-refractivity contribution in [1.29, 1.82) is 0 Å². The molecule has 0 aliphatic heterocycles. The lowest BCUT2D eigenvalue weighted by Crippen LogP contribution is -2.03. The van der Waals surface area contributed by atoms with Crippen molar-refractivity contribution in [1.82, 2.24) is 0 Å². The summed E-state index contributed by atoms with van der Waals surface area (Å²) in [6.07, 6.45) is 28.9. The highest BCUT2D eigenvalue weighted by atomic mass is 16.3. The Balaban J connectivity index is 2.64. The molecule has 0 heterocycles. The van der Waals surface area contributed by atoms with Crippen LogP contribution >= 0.6 is 0 Å². The average molecular weight is 445 g/mol. The second-order valence-corrected chi connectivity index (χ2v) is 10.1. The van der Waals surface area contributed by atoms with E-state index in [2.05, 4.69) is 26.8 Å². The number of phenols is 1. The normalized spacial score (nSPS) is 11.3.